The Balaban J connectivity index is 0.000000339. The van der Waals surface area contributed by atoms with Crippen molar-refractivity contribution in [1.82, 2.24) is 0 Å². The quantitative estimate of drug-likeness (QED) is 0.339. The van der Waals surface area contributed by atoms with Gasteiger partial charge in [0.15, 0.2) is 0 Å². The monoisotopic (exact) mass is 480 g/mol. The molecule has 25 heavy (non-hydrogen) atoms. The van der Waals surface area contributed by atoms with Crippen LogP contribution in [0.4, 0.5) is 0 Å². The molecule has 3 aromatic carbocycles. The van der Waals surface area contributed by atoms with E-state index >= 15 is 0 Å². The molecule has 3 rings (SSSR count). The van der Waals surface area contributed by atoms with Gasteiger partial charge in [-0.05, 0) is 0 Å². The first-order valence-corrected chi connectivity index (χ1v) is 9.06. The fourth-order valence-electron chi connectivity index (χ4n) is 2.32. The average Bonchev–Trinajstić information content (AvgIpc) is 3.29. The molecule has 138 valence electrons. The largest absolute Gasteiger partial charge is 3.00 e. The van der Waals surface area contributed by atoms with E-state index in [1.165, 1.54) is 16.7 Å². The molecule has 0 aliphatic heterocycles. The van der Waals surface area contributed by atoms with Gasteiger partial charge in [-0.15, -0.1) is 0 Å². The van der Waals surface area contributed by atoms with Gasteiger partial charge in [-0.25, -0.2) is 18.2 Å². The second-order valence-electron chi connectivity index (χ2n) is 7.12. The minimum Gasteiger partial charge on any atom is -0.210 e. The van der Waals surface area contributed by atoms with E-state index in [1.54, 1.807) is 0 Å². The Hall–Kier alpha value is -0.664. The summed E-state index contributed by atoms with van der Waals surface area (Å²) in [6.45, 7) is 13.2. The second kappa shape index (κ2) is 13.5. The van der Waals surface area contributed by atoms with Crippen molar-refractivity contribution in [2.45, 2.75) is 59.3 Å². The maximum atomic E-state index is 2.20. The van der Waals surface area contributed by atoms with Crippen molar-refractivity contribution in [2.75, 3.05) is 0 Å². The van der Waals surface area contributed by atoms with Crippen LogP contribution in [0, 0.1) is 38.6 Å². The summed E-state index contributed by atoms with van der Waals surface area (Å²) in [7, 11) is 0. The zero-order valence-electron chi connectivity index (χ0n) is 16.5. The summed E-state index contributed by atoms with van der Waals surface area (Å²) in [6, 6.07) is 25.4. The molecule has 0 spiro atoms. The molecule has 0 fully saturated rings. The number of hydrogen-bond acceptors (Lipinski definition) is 0. The van der Waals surface area contributed by atoms with E-state index in [2.05, 4.69) is 114 Å². The first kappa shape index (κ1) is 24.3. The van der Waals surface area contributed by atoms with Gasteiger partial charge < -0.3 is 0 Å². The maximum absolute atomic E-state index is 2.20. The van der Waals surface area contributed by atoms with Gasteiger partial charge in [0.25, 0.3) is 0 Å². The number of rotatable bonds is 3. The third-order valence-corrected chi connectivity index (χ3v) is 4.07. The minimum absolute atomic E-state index is 0. The van der Waals surface area contributed by atoms with Crippen LogP contribution in [0.3, 0.4) is 0 Å². The third-order valence-electron chi connectivity index (χ3n) is 4.07. The van der Waals surface area contributed by atoms with Crippen LogP contribution in [0.1, 0.15) is 76.0 Å². The van der Waals surface area contributed by atoms with Gasteiger partial charge in [-0.2, -0.15) is 71.3 Å². The van der Waals surface area contributed by atoms with Gasteiger partial charge in [0.05, 0.1) is 0 Å². The third kappa shape index (κ3) is 10.2. The number of hydrogen-bond donors (Lipinski definition) is 0. The van der Waals surface area contributed by atoms with E-state index in [1.807, 2.05) is 0 Å². The molecular weight excluding hydrogens is 447 g/mol. The molecule has 0 N–H and O–H groups in total. The topological polar surface area (TPSA) is 0 Å². The Labute approximate surface area is 186 Å². The van der Waals surface area contributed by atoms with Crippen molar-refractivity contribution < 1.29 is 38.6 Å². The first-order chi connectivity index (χ1) is 11.4. The zero-order chi connectivity index (χ0) is 17.9. The standard InChI is InChI=1S/3C8H11.Tb/c3*1-7(2)8-5-3-4-6-8;/h3*3-7H,1-2H3;/q3*-1;+3. The van der Waals surface area contributed by atoms with E-state index < -0.39 is 0 Å². The second-order valence-corrected chi connectivity index (χ2v) is 7.12. The van der Waals surface area contributed by atoms with Crippen LogP contribution < -0.4 is 0 Å². The van der Waals surface area contributed by atoms with Crippen molar-refractivity contribution in [2.24, 2.45) is 0 Å². The van der Waals surface area contributed by atoms with E-state index in [0.29, 0.717) is 17.8 Å². The van der Waals surface area contributed by atoms with Gasteiger partial charge >= 0.3 is 38.6 Å². The van der Waals surface area contributed by atoms with Gasteiger partial charge in [-0.3, -0.25) is 0 Å². The summed E-state index contributed by atoms with van der Waals surface area (Å²) >= 11 is 0. The van der Waals surface area contributed by atoms with Crippen LogP contribution in [-0.2, 0) is 0 Å². The van der Waals surface area contributed by atoms with E-state index in [9.17, 15) is 0 Å². The predicted molar refractivity (Wildman–Crippen MR) is 108 cm³/mol. The smallest absolute Gasteiger partial charge is 0.210 e. The molecule has 0 unspecified atom stereocenters. The van der Waals surface area contributed by atoms with Crippen molar-refractivity contribution in [3.8, 4) is 0 Å². The molecular formula is C24H33Tb. The first-order valence-electron chi connectivity index (χ1n) is 9.06. The fraction of sp³-hybridized carbons (Fsp3) is 0.375. The molecule has 1 heteroatoms. The molecule has 0 saturated heterocycles. The van der Waals surface area contributed by atoms with Crippen LogP contribution in [0.2, 0.25) is 0 Å². The van der Waals surface area contributed by atoms with Crippen LogP contribution in [0.25, 0.3) is 0 Å². The summed E-state index contributed by atoms with van der Waals surface area (Å²) in [5.74, 6) is 2.06. The Kier molecular flexibility index (Phi) is 13.2. The Morgan fingerprint density at radius 2 is 0.760 bits per heavy atom. The fourth-order valence-corrected chi connectivity index (χ4v) is 2.32. The van der Waals surface area contributed by atoms with E-state index in [4.69, 9.17) is 0 Å². The van der Waals surface area contributed by atoms with E-state index in [-0.39, 0.29) is 38.6 Å². The Bertz CT molecular complexity index is 502. The molecule has 0 atom stereocenters. The summed E-state index contributed by atoms with van der Waals surface area (Å²) in [5, 5.41) is 0. The Morgan fingerprint density at radius 1 is 0.520 bits per heavy atom. The molecule has 0 nitrogen and oxygen atoms in total. The maximum Gasteiger partial charge on any atom is 3.00 e. The van der Waals surface area contributed by atoms with Crippen molar-refractivity contribution >= 4 is 0 Å². The molecule has 0 bridgehead atoms. The summed E-state index contributed by atoms with van der Waals surface area (Å²) in [5.41, 5.74) is 4.31. The minimum atomic E-state index is 0. The van der Waals surface area contributed by atoms with Gasteiger partial charge in [0, 0.05) is 0 Å². The molecule has 0 amide bonds. The van der Waals surface area contributed by atoms with Gasteiger partial charge in [0.1, 0.15) is 0 Å². The molecule has 0 radical (unpaired) electrons. The summed E-state index contributed by atoms with van der Waals surface area (Å²) < 4.78 is 0. The molecule has 0 aliphatic carbocycles. The van der Waals surface area contributed by atoms with E-state index in [0.717, 1.165) is 0 Å². The SMILES string of the molecule is CC(C)c1cc[cH-]c1.CC(C)c1cc[cH-]c1.CC(C)c1cc[cH-]c1.[Tb+3]. The zero-order valence-corrected chi connectivity index (χ0v) is 18.6. The van der Waals surface area contributed by atoms with Crippen LogP contribution in [-0.4, -0.2) is 0 Å². The van der Waals surface area contributed by atoms with Crippen LogP contribution in [0.5, 0.6) is 0 Å². The van der Waals surface area contributed by atoms with Gasteiger partial charge in [0.2, 0.25) is 0 Å². The molecule has 0 aliphatic rings. The van der Waals surface area contributed by atoms with Gasteiger partial charge in [-0.1, -0.05) is 59.3 Å². The van der Waals surface area contributed by atoms with Crippen LogP contribution in [0.15, 0.2) is 72.8 Å². The summed E-state index contributed by atoms with van der Waals surface area (Å²) in [4.78, 5) is 0. The van der Waals surface area contributed by atoms with Crippen LogP contribution >= 0.6 is 0 Å². The molecule has 0 heterocycles. The molecule has 0 saturated carbocycles. The average molecular weight is 480 g/mol. The predicted octanol–water partition coefficient (Wildman–Crippen LogP) is 7.59. The molecule has 3 aromatic rings. The molecule has 0 aromatic heterocycles. The van der Waals surface area contributed by atoms with Crippen molar-refractivity contribution in [3.05, 3.63) is 89.5 Å². The van der Waals surface area contributed by atoms with Crippen molar-refractivity contribution in [1.29, 1.82) is 0 Å². The van der Waals surface area contributed by atoms with Crippen molar-refractivity contribution in [3.63, 3.8) is 0 Å². The Morgan fingerprint density at radius 3 is 0.840 bits per heavy atom. The summed E-state index contributed by atoms with van der Waals surface area (Å²) in [6.07, 6.45) is 0. The normalized spacial score (nSPS) is 9.96.